The van der Waals surface area contributed by atoms with Gasteiger partial charge in [-0.2, -0.15) is 4.31 Å². The third-order valence-corrected chi connectivity index (χ3v) is 7.16. The summed E-state index contributed by atoms with van der Waals surface area (Å²) in [7, 11) is -3.65. The highest BCUT2D eigenvalue weighted by molar-refractivity contribution is 7.89. The van der Waals surface area contributed by atoms with Gasteiger partial charge in [-0.1, -0.05) is 11.6 Å². The number of hydrogen-bond acceptors (Lipinski definition) is 3. The van der Waals surface area contributed by atoms with Gasteiger partial charge in [0.05, 0.1) is 10.8 Å². The van der Waals surface area contributed by atoms with Gasteiger partial charge in [0.1, 0.15) is 0 Å². The molecule has 0 saturated carbocycles. The smallest absolute Gasteiger partial charge is 0.243 e. The number of sulfonamides is 1. The maximum Gasteiger partial charge on any atom is 0.243 e. The van der Waals surface area contributed by atoms with Crippen molar-refractivity contribution in [3.05, 3.63) is 59.8 Å². The largest absolute Gasteiger partial charge is 0.361 e. The Bertz CT molecular complexity index is 1110. The highest BCUT2D eigenvalue weighted by atomic mass is 35.5. The van der Waals surface area contributed by atoms with Crippen LogP contribution in [0.3, 0.4) is 0 Å². The minimum absolute atomic E-state index is 0.161. The first-order valence-corrected chi connectivity index (χ1v) is 10.9. The Kier molecular flexibility index (Phi) is 5.14. The van der Waals surface area contributed by atoms with Gasteiger partial charge >= 0.3 is 0 Å². The molecule has 1 aliphatic heterocycles. The molecule has 3 aromatic rings. The average molecular weight is 418 g/mol. The Morgan fingerprint density at radius 1 is 1.14 bits per heavy atom. The van der Waals surface area contributed by atoms with E-state index in [1.165, 1.54) is 16.4 Å². The number of H-pyrrole nitrogens is 1. The van der Waals surface area contributed by atoms with E-state index >= 15 is 0 Å². The minimum Gasteiger partial charge on any atom is -0.361 e. The first kappa shape index (κ1) is 19.0. The van der Waals surface area contributed by atoms with E-state index in [1.807, 2.05) is 30.5 Å². The number of rotatable bonds is 4. The summed E-state index contributed by atoms with van der Waals surface area (Å²) >= 11 is 5.86. The number of piperidine rings is 1. The van der Waals surface area contributed by atoms with Gasteiger partial charge in [-0.25, -0.2) is 8.42 Å². The lowest BCUT2D eigenvalue weighted by Crippen LogP contribution is -2.43. The van der Waals surface area contributed by atoms with Gasteiger partial charge in [0.25, 0.3) is 0 Å². The highest BCUT2D eigenvalue weighted by Crippen LogP contribution is 2.26. The van der Waals surface area contributed by atoms with E-state index in [0.29, 0.717) is 30.1 Å². The molecule has 4 rings (SSSR count). The summed E-state index contributed by atoms with van der Waals surface area (Å²) in [6, 6.07) is 13.7. The summed E-state index contributed by atoms with van der Waals surface area (Å²) in [5, 5.41) is 4.41. The lowest BCUT2D eigenvalue weighted by Gasteiger charge is -2.31. The number of carbonyl (C=O) groups excluding carboxylic acids is 1. The maximum atomic E-state index is 12.9. The zero-order chi connectivity index (χ0) is 19.7. The molecule has 1 aromatic heterocycles. The van der Waals surface area contributed by atoms with E-state index in [2.05, 4.69) is 10.3 Å². The van der Waals surface area contributed by atoms with Crippen molar-refractivity contribution in [1.82, 2.24) is 9.29 Å². The van der Waals surface area contributed by atoms with Crippen molar-refractivity contribution >= 4 is 44.1 Å². The highest BCUT2D eigenvalue weighted by Gasteiger charge is 2.33. The zero-order valence-electron chi connectivity index (χ0n) is 15.1. The molecule has 0 bridgehead atoms. The minimum atomic E-state index is -3.65. The third kappa shape index (κ3) is 3.78. The van der Waals surface area contributed by atoms with Gasteiger partial charge in [0.15, 0.2) is 0 Å². The van der Waals surface area contributed by atoms with E-state index in [-0.39, 0.29) is 17.3 Å². The fourth-order valence-corrected chi connectivity index (χ4v) is 5.16. The number of benzene rings is 2. The van der Waals surface area contributed by atoms with Crippen LogP contribution in [0.5, 0.6) is 0 Å². The number of nitrogens with one attached hydrogen (secondary N) is 2. The van der Waals surface area contributed by atoms with Gasteiger partial charge in [0, 0.05) is 40.9 Å². The molecule has 28 heavy (non-hydrogen) atoms. The van der Waals surface area contributed by atoms with Gasteiger partial charge in [-0.15, -0.1) is 0 Å². The zero-order valence-corrected chi connectivity index (χ0v) is 16.6. The third-order valence-electron chi connectivity index (χ3n) is 5.03. The first-order chi connectivity index (χ1) is 13.4. The number of aromatic nitrogens is 1. The Hall–Kier alpha value is -2.35. The second-order valence-corrected chi connectivity index (χ2v) is 9.30. The molecule has 8 heteroatoms. The van der Waals surface area contributed by atoms with Gasteiger partial charge in [-0.05, 0) is 61.4 Å². The van der Waals surface area contributed by atoms with Crippen molar-refractivity contribution in [1.29, 1.82) is 0 Å². The summed E-state index contributed by atoms with van der Waals surface area (Å²) in [5.41, 5.74) is 1.70. The van der Waals surface area contributed by atoms with E-state index in [0.717, 1.165) is 10.9 Å². The van der Waals surface area contributed by atoms with Crippen LogP contribution in [0.4, 0.5) is 5.69 Å². The van der Waals surface area contributed by atoms with Crippen LogP contribution in [0.25, 0.3) is 10.9 Å². The predicted octanol–water partition coefficient (Wildman–Crippen LogP) is 3.86. The molecule has 2 aromatic carbocycles. The number of amides is 1. The second kappa shape index (κ2) is 7.58. The molecule has 6 nitrogen and oxygen atoms in total. The number of anilines is 1. The van der Waals surface area contributed by atoms with Crippen LogP contribution in [0.1, 0.15) is 12.8 Å². The van der Waals surface area contributed by atoms with Crippen molar-refractivity contribution in [2.45, 2.75) is 17.7 Å². The molecule has 1 amide bonds. The molecular weight excluding hydrogens is 398 g/mol. The van der Waals surface area contributed by atoms with Crippen molar-refractivity contribution in [2.24, 2.45) is 5.92 Å². The summed E-state index contributed by atoms with van der Waals surface area (Å²) in [6.45, 7) is 0.577. The molecule has 1 fully saturated rings. The Morgan fingerprint density at radius 2 is 1.93 bits per heavy atom. The quantitative estimate of drug-likeness (QED) is 0.676. The molecule has 1 unspecified atom stereocenters. The monoisotopic (exact) mass is 417 g/mol. The summed E-state index contributed by atoms with van der Waals surface area (Å²) in [4.78, 5) is 16.0. The molecule has 1 atom stereocenters. The number of halogens is 1. The first-order valence-electron chi connectivity index (χ1n) is 9.07. The van der Waals surface area contributed by atoms with Gasteiger partial charge < -0.3 is 10.3 Å². The molecule has 0 aliphatic carbocycles. The fraction of sp³-hybridized carbons (Fsp3) is 0.250. The van der Waals surface area contributed by atoms with Gasteiger partial charge in [-0.3, -0.25) is 4.79 Å². The van der Waals surface area contributed by atoms with Crippen LogP contribution in [0, 0.1) is 5.92 Å². The predicted molar refractivity (Wildman–Crippen MR) is 110 cm³/mol. The number of fused-ring (bicyclic) bond motifs is 1. The molecule has 0 radical (unpaired) electrons. The summed E-state index contributed by atoms with van der Waals surface area (Å²) in [6.07, 6.45) is 3.14. The Morgan fingerprint density at radius 3 is 2.71 bits per heavy atom. The normalized spacial score (nSPS) is 18.2. The molecule has 2 N–H and O–H groups in total. The average Bonchev–Trinajstić information content (AvgIpc) is 3.16. The van der Waals surface area contributed by atoms with Gasteiger partial charge in [0.2, 0.25) is 15.9 Å². The standard InChI is InChI=1S/C20H20ClN3O3S/c21-16-3-6-18(7-4-16)28(26,27)24-11-1-2-15(13-24)20(25)23-17-5-8-19-14(12-17)9-10-22-19/h3-10,12,15,22H,1-2,11,13H2,(H,23,25). The van der Waals surface area contributed by atoms with Crippen LogP contribution in [0.15, 0.2) is 59.6 Å². The number of carbonyl (C=O) groups is 1. The van der Waals surface area contributed by atoms with Crippen LogP contribution in [-0.4, -0.2) is 36.7 Å². The Balaban J connectivity index is 1.48. The molecule has 2 heterocycles. The van der Waals surface area contributed by atoms with Crippen molar-refractivity contribution < 1.29 is 13.2 Å². The van der Waals surface area contributed by atoms with E-state index in [1.54, 1.807) is 12.1 Å². The lowest BCUT2D eigenvalue weighted by molar-refractivity contribution is -0.120. The van der Waals surface area contributed by atoms with E-state index in [9.17, 15) is 13.2 Å². The molecular formula is C20H20ClN3O3S. The molecule has 1 aliphatic rings. The Labute approximate surface area is 168 Å². The van der Waals surface area contributed by atoms with Crippen LogP contribution in [0.2, 0.25) is 5.02 Å². The summed E-state index contributed by atoms with van der Waals surface area (Å²) in [5.74, 6) is -0.552. The number of nitrogens with zero attached hydrogens (tertiary/aromatic N) is 1. The fourth-order valence-electron chi connectivity index (χ4n) is 3.51. The molecule has 146 valence electrons. The second-order valence-electron chi connectivity index (χ2n) is 6.93. The van der Waals surface area contributed by atoms with Crippen LogP contribution >= 0.6 is 11.6 Å². The number of aromatic amines is 1. The van der Waals surface area contributed by atoms with E-state index < -0.39 is 15.9 Å². The molecule has 1 saturated heterocycles. The number of hydrogen-bond donors (Lipinski definition) is 2. The van der Waals surface area contributed by atoms with E-state index in [4.69, 9.17) is 11.6 Å². The van der Waals surface area contributed by atoms with Crippen molar-refractivity contribution in [3.8, 4) is 0 Å². The summed E-state index contributed by atoms with van der Waals surface area (Å²) < 4.78 is 27.2. The van der Waals surface area contributed by atoms with Crippen molar-refractivity contribution in [2.75, 3.05) is 18.4 Å². The maximum absolute atomic E-state index is 12.9. The molecule has 0 spiro atoms. The topological polar surface area (TPSA) is 82.3 Å². The van der Waals surface area contributed by atoms with Crippen LogP contribution < -0.4 is 5.32 Å². The SMILES string of the molecule is O=C(Nc1ccc2[nH]ccc2c1)C1CCCN(S(=O)(=O)c2ccc(Cl)cc2)C1. The van der Waals surface area contributed by atoms with Crippen molar-refractivity contribution in [3.63, 3.8) is 0 Å². The lowest BCUT2D eigenvalue weighted by atomic mass is 9.98. The van der Waals surface area contributed by atoms with Crippen LogP contribution in [-0.2, 0) is 14.8 Å².